The Bertz CT molecular complexity index is 4270. The number of nitrogens with one attached hydrogen (secondary N) is 7. The molecule has 3 aromatic heterocycles. The highest BCUT2D eigenvalue weighted by atomic mass is 35.5. The van der Waals surface area contributed by atoms with E-state index >= 15 is 0 Å². The van der Waals surface area contributed by atoms with Crippen LogP contribution in [0.3, 0.4) is 0 Å². The number of amides is 6. The Kier molecular flexibility index (Phi) is 17.5. The van der Waals surface area contributed by atoms with E-state index in [1.165, 1.54) is 19.6 Å². The van der Waals surface area contributed by atoms with Gasteiger partial charge in [0.1, 0.15) is 29.6 Å². The summed E-state index contributed by atoms with van der Waals surface area (Å²) in [5.74, 6) is -0.518. The van der Waals surface area contributed by atoms with Gasteiger partial charge in [-0.1, -0.05) is 115 Å². The van der Waals surface area contributed by atoms with Gasteiger partial charge in [-0.2, -0.15) is 0 Å². The van der Waals surface area contributed by atoms with Crippen LogP contribution >= 0.6 is 11.6 Å². The molecule has 6 heterocycles. The average Bonchev–Trinajstić information content (AvgIpc) is 3.05. The zero-order valence-electron chi connectivity index (χ0n) is 48.4. The summed E-state index contributed by atoms with van der Waals surface area (Å²) < 4.78 is 10.4. The second-order valence-corrected chi connectivity index (χ2v) is 21.8. The molecule has 0 fully saturated rings. The molecule has 13 rings (SSSR count). The molecule has 0 aliphatic carbocycles. The quantitative estimate of drug-likeness (QED) is 0.0647. The van der Waals surface area contributed by atoms with E-state index in [0.29, 0.717) is 69.5 Å². The molecule has 10 aromatic rings. The summed E-state index contributed by atoms with van der Waals surface area (Å²) in [4.78, 5) is 87.7. The van der Waals surface area contributed by atoms with Gasteiger partial charge in [0.15, 0.2) is 0 Å². The van der Waals surface area contributed by atoms with E-state index in [9.17, 15) is 28.8 Å². The highest BCUT2D eigenvalue weighted by Gasteiger charge is 2.31. The lowest BCUT2D eigenvalue weighted by Crippen LogP contribution is -2.42. The molecular weight excluding hydrogens is 1130 g/mol. The monoisotopic (exact) mass is 1190 g/mol. The molecule has 3 atom stereocenters. The third kappa shape index (κ3) is 13.6. The number of ether oxygens (including phenoxy) is 2. The number of hydrogen-bond donors (Lipinski definition) is 7. The number of H-pyrrole nitrogens is 1. The fraction of sp³-hybridized carbons (Fsp3) is 0.143. The number of methoxy groups -OCH3 is 2. The maximum absolute atomic E-state index is 12.7. The lowest BCUT2D eigenvalue weighted by atomic mass is 10.00. The zero-order valence-corrected chi connectivity index (χ0v) is 49.1. The number of anilines is 3. The normalized spacial score (nSPS) is 15.8. The first kappa shape index (κ1) is 58.8. The van der Waals surface area contributed by atoms with Crippen molar-refractivity contribution >= 4 is 75.0 Å². The SMILES string of the molecule is COc1ccc2c(c1)C(=O)NC(Cc1ccc(-c3c[nH]c4ccccc34)cc1)C(=O)N2.COc1ccc2c(c1)C(=O)NC(Cc1ccc(-c3ccc(C)nc3)cc1)C(=O)N2.Cc1ccc(-c2ccc(CC3NC(=O)c4cc(Cl)ccc4NC3=O)cc2)cn1. The van der Waals surface area contributed by atoms with Crippen LogP contribution in [0.5, 0.6) is 11.5 Å². The minimum Gasteiger partial charge on any atom is -0.497 e. The van der Waals surface area contributed by atoms with Gasteiger partial charge in [-0.05, 0) is 120 Å². The van der Waals surface area contributed by atoms with Gasteiger partial charge >= 0.3 is 0 Å². The first-order valence-electron chi connectivity index (χ1n) is 28.4. The molecule has 0 saturated heterocycles. The number of para-hydroxylation sites is 1. The number of halogens is 1. The molecule has 3 aliphatic rings. The Morgan fingerprint density at radius 2 is 0.807 bits per heavy atom. The Balaban J connectivity index is 0.000000137. The van der Waals surface area contributed by atoms with E-state index in [4.69, 9.17) is 21.1 Å². The highest BCUT2D eigenvalue weighted by Crippen LogP contribution is 2.31. The number of hydrogen-bond acceptors (Lipinski definition) is 10. The number of aryl methyl sites for hydroxylation is 2. The third-order valence-corrected chi connectivity index (χ3v) is 15.6. The van der Waals surface area contributed by atoms with Crippen molar-refractivity contribution in [2.24, 2.45) is 0 Å². The summed E-state index contributed by atoms with van der Waals surface area (Å²) in [6.07, 6.45) is 6.88. The van der Waals surface area contributed by atoms with Crippen LogP contribution in [0, 0.1) is 13.8 Å². The van der Waals surface area contributed by atoms with Gasteiger partial charge in [-0.25, -0.2) is 0 Å². The minimum atomic E-state index is -0.662. The van der Waals surface area contributed by atoms with Crippen LogP contribution in [0.1, 0.15) is 59.2 Å². The van der Waals surface area contributed by atoms with Gasteiger partial charge in [0.2, 0.25) is 17.7 Å². The Morgan fingerprint density at radius 1 is 0.420 bits per heavy atom. The molecule has 0 bridgehead atoms. The van der Waals surface area contributed by atoms with Crippen molar-refractivity contribution in [1.82, 2.24) is 30.9 Å². The van der Waals surface area contributed by atoms with Crippen LogP contribution < -0.4 is 41.4 Å². The van der Waals surface area contributed by atoms with Crippen molar-refractivity contribution in [3.8, 4) is 44.9 Å². The number of aromatic amines is 1. The van der Waals surface area contributed by atoms with Crippen molar-refractivity contribution in [3.63, 3.8) is 0 Å². The largest absolute Gasteiger partial charge is 0.497 e. The van der Waals surface area contributed by atoms with E-state index in [1.54, 1.807) is 54.6 Å². The summed E-state index contributed by atoms with van der Waals surface area (Å²) in [7, 11) is 3.08. The summed E-state index contributed by atoms with van der Waals surface area (Å²) in [6, 6.07) is 53.0. The molecule has 17 nitrogen and oxygen atoms in total. The topological polar surface area (TPSA) is 235 Å². The molecule has 0 radical (unpaired) electrons. The van der Waals surface area contributed by atoms with Crippen molar-refractivity contribution in [2.75, 3.05) is 30.2 Å². The molecular formula is C70H60ClN9O8. The number of carbonyl (C=O) groups excluding carboxylic acids is 6. The number of nitrogens with zero attached hydrogens (tertiary/aromatic N) is 2. The van der Waals surface area contributed by atoms with Crippen molar-refractivity contribution in [2.45, 2.75) is 51.2 Å². The molecule has 0 spiro atoms. The number of fused-ring (bicyclic) bond motifs is 4. The first-order valence-corrected chi connectivity index (χ1v) is 28.7. The zero-order chi connectivity index (χ0) is 61.4. The summed E-state index contributed by atoms with van der Waals surface area (Å²) >= 11 is 5.97. The lowest BCUT2D eigenvalue weighted by Gasteiger charge is -2.15. The van der Waals surface area contributed by atoms with Crippen LogP contribution in [0.2, 0.25) is 5.02 Å². The van der Waals surface area contributed by atoms with Gasteiger partial charge in [-0.15, -0.1) is 0 Å². The standard InChI is InChI=1S/C25H21N3O3.C23H21N3O3.C22H18ClN3O2/c1-31-17-10-11-22-19(13-17)24(29)28-23(25(30)27-22)12-15-6-8-16(9-7-15)20-14-26-21-5-3-2-4-18(20)21;1-14-3-6-17(13-24-14)16-7-4-15(5-8-16)11-21-23(28)25-20-10-9-18(29-2)12-19(20)22(27)26-21;1-13-2-5-16(12-24-13)15-6-3-14(4-7-15)10-20-22(28)25-19-9-8-17(23)11-18(19)21(27)26-20/h2-11,13-14,23,26H,12H2,1H3,(H,27,30)(H,28,29);3-10,12-13,21H,11H2,1-2H3,(H,25,28)(H,26,27);2-9,11-12,20H,10H2,1H3,(H,25,28)(H,26,27). The molecule has 18 heteroatoms. The van der Waals surface area contributed by atoms with E-state index < -0.39 is 18.1 Å². The van der Waals surface area contributed by atoms with E-state index in [1.807, 2.05) is 148 Å². The molecule has 440 valence electrons. The van der Waals surface area contributed by atoms with Gasteiger partial charge in [0, 0.05) is 81.9 Å². The van der Waals surface area contributed by atoms with Crippen LogP contribution in [0.25, 0.3) is 44.3 Å². The Labute approximate surface area is 512 Å². The van der Waals surface area contributed by atoms with Gasteiger partial charge in [-0.3, -0.25) is 38.7 Å². The van der Waals surface area contributed by atoms with E-state index in [-0.39, 0.29) is 35.4 Å². The predicted octanol–water partition coefficient (Wildman–Crippen LogP) is 11.5. The third-order valence-electron chi connectivity index (χ3n) is 15.4. The van der Waals surface area contributed by atoms with E-state index in [2.05, 4.69) is 52.9 Å². The Hall–Kier alpha value is -10.9. The van der Waals surface area contributed by atoms with Gasteiger partial charge in [0.05, 0.1) is 48.0 Å². The summed E-state index contributed by atoms with van der Waals surface area (Å²) in [5, 5.41) is 18.5. The lowest BCUT2D eigenvalue weighted by molar-refractivity contribution is -0.118. The molecule has 3 unspecified atom stereocenters. The summed E-state index contributed by atoms with van der Waals surface area (Å²) in [5.41, 5.74) is 14.9. The number of benzene rings is 7. The highest BCUT2D eigenvalue weighted by molar-refractivity contribution is 6.31. The number of rotatable bonds is 11. The second-order valence-electron chi connectivity index (χ2n) is 21.4. The molecule has 6 amide bonds. The van der Waals surface area contributed by atoms with E-state index in [0.717, 1.165) is 67.0 Å². The van der Waals surface area contributed by atoms with Crippen molar-refractivity contribution < 1.29 is 38.2 Å². The van der Waals surface area contributed by atoms with Gasteiger partial charge < -0.3 is 46.4 Å². The smallest absolute Gasteiger partial charge is 0.254 e. The molecule has 7 aromatic carbocycles. The predicted molar refractivity (Wildman–Crippen MR) is 341 cm³/mol. The van der Waals surface area contributed by atoms with Crippen LogP contribution in [0.4, 0.5) is 17.1 Å². The maximum atomic E-state index is 12.7. The minimum absolute atomic E-state index is 0.238. The van der Waals surface area contributed by atoms with Crippen molar-refractivity contribution in [1.29, 1.82) is 0 Å². The van der Waals surface area contributed by atoms with Crippen LogP contribution in [-0.2, 0) is 33.6 Å². The summed E-state index contributed by atoms with van der Waals surface area (Å²) in [6.45, 7) is 3.90. The van der Waals surface area contributed by atoms with Crippen LogP contribution in [0.15, 0.2) is 195 Å². The molecule has 0 saturated carbocycles. The fourth-order valence-corrected chi connectivity index (χ4v) is 10.7. The second kappa shape index (κ2) is 26.1. The average molecular weight is 1190 g/mol. The first-order chi connectivity index (χ1) is 42.6. The fourth-order valence-electron chi connectivity index (χ4n) is 10.5. The molecule has 88 heavy (non-hydrogen) atoms. The van der Waals surface area contributed by atoms with Gasteiger partial charge in [0.25, 0.3) is 17.7 Å². The molecule has 3 aliphatic heterocycles. The maximum Gasteiger partial charge on any atom is 0.254 e. The molecule has 7 N–H and O–H groups in total. The number of aromatic nitrogens is 3. The van der Waals surface area contributed by atoms with Crippen LogP contribution in [-0.4, -0.2) is 82.7 Å². The number of pyridine rings is 2. The Morgan fingerprint density at radius 3 is 1.22 bits per heavy atom. The number of carbonyl (C=O) groups is 6. The van der Waals surface area contributed by atoms with Crippen molar-refractivity contribution in [3.05, 3.63) is 244 Å².